The second-order valence-electron chi connectivity index (χ2n) is 4.68. The summed E-state index contributed by atoms with van der Waals surface area (Å²) in [5, 5.41) is 23.8. The van der Waals surface area contributed by atoms with Crippen LogP contribution in [0.3, 0.4) is 0 Å². The number of nitro benzene ring substituents is 1. The summed E-state index contributed by atoms with van der Waals surface area (Å²) in [6, 6.07) is 9.20. The van der Waals surface area contributed by atoms with E-state index in [2.05, 4.69) is 20.8 Å². The number of halogens is 1. The van der Waals surface area contributed by atoms with Crippen LogP contribution in [0.15, 0.2) is 48.8 Å². The van der Waals surface area contributed by atoms with Gasteiger partial charge in [0.25, 0.3) is 11.6 Å². The number of non-ortho nitro benzene ring substituents is 1. The average molecular weight is 328 g/mol. The van der Waals surface area contributed by atoms with E-state index in [0.717, 1.165) is 18.2 Å². The molecular weight excluding hydrogens is 319 g/mol. The number of hydrogen-bond acceptors (Lipinski definition) is 6. The van der Waals surface area contributed by atoms with Gasteiger partial charge in [0.15, 0.2) is 0 Å². The topological polar surface area (TPSA) is 116 Å². The van der Waals surface area contributed by atoms with Crippen molar-refractivity contribution in [3.05, 3.63) is 70.3 Å². The van der Waals surface area contributed by atoms with Gasteiger partial charge >= 0.3 is 0 Å². The number of nitrogens with zero attached hydrogens (tertiary/aromatic N) is 5. The smallest absolute Gasteiger partial charge is 0.271 e. The van der Waals surface area contributed by atoms with Crippen LogP contribution in [0.5, 0.6) is 0 Å². The van der Waals surface area contributed by atoms with Crippen LogP contribution in [-0.4, -0.2) is 31.0 Å². The SMILES string of the molecule is O=C(Nc1cc([N+](=O)[O-])ccc1F)c1cccc(-n2cnnn2)c1. The monoisotopic (exact) mass is 328 g/mol. The Hall–Kier alpha value is -3.69. The molecule has 0 saturated heterocycles. The molecule has 1 aromatic heterocycles. The largest absolute Gasteiger partial charge is 0.319 e. The van der Waals surface area contributed by atoms with Crippen LogP contribution in [0, 0.1) is 15.9 Å². The number of amides is 1. The minimum absolute atomic E-state index is 0.217. The zero-order valence-electron chi connectivity index (χ0n) is 12.0. The Morgan fingerprint density at radius 2 is 2.08 bits per heavy atom. The summed E-state index contributed by atoms with van der Waals surface area (Å²) in [5.74, 6) is -1.39. The molecule has 9 nitrogen and oxygen atoms in total. The van der Waals surface area contributed by atoms with Gasteiger partial charge in [-0.05, 0) is 34.7 Å². The van der Waals surface area contributed by atoms with Crippen molar-refractivity contribution < 1.29 is 14.1 Å². The van der Waals surface area contributed by atoms with E-state index in [0.29, 0.717) is 5.69 Å². The number of nitro groups is 1. The number of nitrogens with one attached hydrogen (secondary N) is 1. The number of aromatic nitrogens is 4. The molecule has 0 spiro atoms. The van der Waals surface area contributed by atoms with Crippen LogP contribution < -0.4 is 5.32 Å². The number of rotatable bonds is 4. The van der Waals surface area contributed by atoms with E-state index < -0.39 is 16.6 Å². The van der Waals surface area contributed by atoms with Crippen LogP contribution in [0.4, 0.5) is 15.8 Å². The molecule has 10 heteroatoms. The van der Waals surface area contributed by atoms with Gasteiger partial charge in [-0.2, -0.15) is 0 Å². The molecular formula is C14H9FN6O3. The molecule has 0 aliphatic rings. The van der Waals surface area contributed by atoms with Gasteiger partial charge in [0.1, 0.15) is 12.1 Å². The fourth-order valence-corrected chi connectivity index (χ4v) is 1.99. The molecule has 120 valence electrons. The first-order valence-corrected chi connectivity index (χ1v) is 6.63. The Labute approximate surface area is 133 Å². The normalized spacial score (nSPS) is 10.4. The maximum atomic E-state index is 13.7. The van der Waals surface area contributed by atoms with Crippen LogP contribution in [0.25, 0.3) is 5.69 Å². The standard InChI is InChI=1S/C14H9FN6O3/c15-12-5-4-11(21(23)24)7-13(12)17-14(22)9-2-1-3-10(6-9)20-8-16-18-19-20/h1-8H,(H,17,22). The Morgan fingerprint density at radius 1 is 1.25 bits per heavy atom. The number of hydrogen-bond donors (Lipinski definition) is 1. The van der Waals surface area contributed by atoms with Gasteiger partial charge in [0.05, 0.1) is 16.3 Å². The zero-order valence-corrected chi connectivity index (χ0v) is 12.0. The van der Waals surface area contributed by atoms with Crippen molar-refractivity contribution in [2.45, 2.75) is 0 Å². The van der Waals surface area contributed by atoms with Gasteiger partial charge in [0, 0.05) is 17.7 Å². The van der Waals surface area contributed by atoms with Crippen molar-refractivity contribution in [1.29, 1.82) is 0 Å². The summed E-state index contributed by atoms with van der Waals surface area (Å²) in [4.78, 5) is 22.3. The van der Waals surface area contributed by atoms with E-state index >= 15 is 0 Å². The summed E-state index contributed by atoms with van der Waals surface area (Å²) in [7, 11) is 0. The van der Waals surface area contributed by atoms with E-state index in [1.54, 1.807) is 12.1 Å². The third-order valence-corrected chi connectivity index (χ3v) is 3.13. The van der Waals surface area contributed by atoms with E-state index in [1.165, 1.54) is 23.1 Å². The Bertz CT molecular complexity index is 913. The lowest BCUT2D eigenvalue weighted by Gasteiger charge is -2.07. The van der Waals surface area contributed by atoms with Crippen molar-refractivity contribution in [3.8, 4) is 5.69 Å². The first-order valence-electron chi connectivity index (χ1n) is 6.63. The summed E-state index contributed by atoms with van der Waals surface area (Å²) in [6.07, 6.45) is 1.36. The Kier molecular flexibility index (Phi) is 3.93. The van der Waals surface area contributed by atoms with Crippen LogP contribution in [0.1, 0.15) is 10.4 Å². The van der Waals surface area contributed by atoms with Gasteiger partial charge < -0.3 is 5.32 Å². The molecule has 0 aliphatic carbocycles. The Morgan fingerprint density at radius 3 is 2.79 bits per heavy atom. The molecule has 3 rings (SSSR count). The molecule has 24 heavy (non-hydrogen) atoms. The third kappa shape index (κ3) is 3.06. The molecule has 2 aromatic carbocycles. The second kappa shape index (κ2) is 6.20. The third-order valence-electron chi connectivity index (χ3n) is 3.13. The maximum absolute atomic E-state index is 13.7. The first kappa shape index (κ1) is 15.2. The molecule has 1 amide bonds. The quantitative estimate of drug-likeness (QED) is 0.578. The van der Waals surface area contributed by atoms with E-state index in [1.807, 2.05) is 0 Å². The molecule has 1 N–H and O–H groups in total. The van der Waals surface area contributed by atoms with Crippen LogP contribution in [-0.2, 0) is 0 Å². The molecule has 1 heterocycles. The maximum Gasteiger partial charge on any atom is 0.271 e. The molecule has 0 atom stereocenters. The molecule has 3 aromatic rings. The number of carbonyl (C=O) groups excluding carboxylic acids is 1. The average Bonchev–Trinajstić information content (AvgIpc) is 3.11. The minimum atomic E-state index is -0.773. The van der Waals surface area contributed by atoms with Gasteiger partial charge in [-0.25, -0.2) is 9.07 Å². The fraction of sp³-hybridized carbons (Fsp3) is 0. The highest BCUT2D eigenvalue weighted by Crippen LogP contribution is 2.22. The summed E-state index contributed by atoms with van der Waals surface area (Å²) in [6.45, 7) is 0. The number of carbonyl (C=O) groups is 1. The van der Waals surface area contributed by atoms with Gasteiger partial charge in [-0.15, -0.1) is 5.10 Å². The lowest BCUT2D eigenvalue weighted by Crippen LogP contribution is -2.13. The lowest BCUT2D eigenvalue weighted by atomic mass is 10.1. The van der Waals surface area contributed by atoms with Gasteiger partial charge in [-0.1, -0.05) is 6.07 Å². The van der Waals surface area contributed by atoms with Crippen LogP contribution in [0.2, 0.25) is 0 Å². The molecule has 0 bridgehead atoms. The van der Waals surface area contributed by atoms with Crippen molar-refractivity contribution in [2.24, 2.45) is 0 Å². The Balaban J connectivity index is 1.87. The molecule has 0 fully saturated rings. The summed E-state index contributed by atoms with van der Waals surface area (Å²) >= 11 is 0. The van der Waals surface area contributed by atoms with Crippen molar-refractivity contribution in [1.82, 2.24) is 20.2 Å². The highest BCUT2D eigenvalue weighted by Gasteiger charge is 2.14. The van der Waals surface area contributed by atoms with Crippen LogP contribution >= 0.6 is 0 Å². The minimum Gasteiger partial charge on any atom is -0.319 e. The number of benzene rings is 2. The van der Waals surface area contributed by atoms with E-state index in [4.69, 9.17) is 0 Å². The van der Waals surface area contributed by atoms with Crippen molar-refractivity contribution in [3.63, 3.8) is 0 Å². The molecule has 0 saturated carbocycles. The zero-order chi connectivity index (χ0) is 17.1. The molecule has 0 unspecified atom stereocenters. The van der Waals surface area contributed by atoms with Crippen molar-refractivity contribution in [2.75, 3.05) is 5.32 Å². The first-order chi connectivity index (χ1) is 11.5. The van der Waals surface area contributed by atoms with E-state index in [9.17, 15) is 19.3 Å². The summed E-state index contributed by atoms with van der Waals surface area (Å²) < 4.78 is 15.1. The predicted molar refractivity (Wildman–Crippen MR) is 80.2 cm³/mol. The van der Waals surface area contributed by atoms with Gasteiger partial charge in [-0.3, -0.25) is 14.9 Å². The number of anilines is 1. The number of tetrazole rings is 1. The fourth-order valence-electron chi connectivity index (χ4n) is 1.99. The molecule has 0 aliphatic heterocycles. The lowest BCUT2D eigenvalue weighted by molar-refractivity contribution is -0.384. The van der Waals surface area contributed by atoms with E-state index in [-0.39, 0.29) is 16.9 Å². The van der Waals surface area contributed by atoms with Gasteiger partial charge in [0.2, 0.25) is 0 Å². The molecule has 0 radical (unpaired) electrons. The highest BCUT2D eigenvalue weighted by atomic mass is 19.1. The predicted octanol–water partition coefficient (Wildman–Crippen LogP) is 1.96. The second-order valence-corrected chi connectivity index (χ2v) is 4.68. The highest BCUT2D eigenvalue weighted by molar-refractivity contribution is 6.04. The van der Waals surface area contributed by atoms with Crippen molar-refractivity contribution >= 4 is 17.3 Å². The summed E-state index contributed by atoms with van der Waals surface area (Å²) in [5.41, 5.74) is 0.150.